The summed E-state index contributed by atoms with van der Waals surface area (Å²) in [6.45, 7) is 5.34. The second kappa shape index (κ2) is 6.87. The van der Waals surface area contributed by atoms with Crippen LogP contribution in [0.15, 0.2) is 24.3 Å². The number of ether oxygens (including phenoxy) is 1. The van der Waals surface area contributed by atoms with Gasteiger partial charge in [0.25, 0.3) is 0 Å². The number of aldehydes is 1. The van der Waals surface area contributed by atoms with Crippen LogP contribution in [0.1, 0.15) is 32.2 Å². The highest BCUT2D eigenvalue weighted by Gasteiger charge is 2.19. The zero-order valence-electron chi connectivity index (χ0n) is 13.0. The highest BCUT2D eigenvalue weighted by Crippen LogP contribution is 2.22. The van der Waals surface area contributed by atoms with E-state index in [1.165, 1.54) is 0 Å². The Kier molecular flexibility index (Phi) is 5.13. The Morgan fingerprint density at radius 3 is 2.77 bits per heavy atom. The maximum Gasteiger partial charge on any atom is 0.408 e. The molecule has 0 saturated carbocycles. The fraction of sp³-hybridized carbons (Fsp3) is 0.438. The fourth-order valence-electron chi connectivity index (χ4n) is 1.94. The number of nitrogens with zero attached hydrogens (tertiary/aromatic N) is 1. The van der Waals surface area contributed by atoms with E-state index in [9.17, 15) is 9.59 Å². The van der Waals surface area contributed by atoms with Crippen molar-refractivity contribution in [3.63, 3.8) is 0 Å². The lowest BCUT2D eigenvalue weighted by Gasteiger charge is -2.21. The zero-order chi connectivity index (χ0) is 16.2. The summed E-state index contributed by atoms with van der Waals surface area (Å²) in [5.74, 6) is 0. The van der Waals surface area contributed by atoms with Crippen LogP contribution in [0.25, 0.3) is 10.2 Å². The fourth-order valence-corrected chi connectivity index (χ4v) is 2.92. The minimum Gasteiger partial charge on any atom is -0.444 e. The van der Waals surface area contributed by atoms with Crippen LogP contribution in [0.4, 0.5) is 4.79 Å². The van der Waals surface area contributed by atoms with Gasteiger partial charge in [-0.05, 0) is 39.3 Å². The average molecular weight is 320 g/mol. The van der Waals surface area contributed by atoms with Crippen LogP contribution < -0.4 is 5.32 Å². The molecule has 0 saturated heterocycles. The smallest absolute Gasteiger partial charge is 0.408 e. The van der Waals surface area contributed by atoms with Crippen molar-refractivity contribution in [1.82, 2.24) is 10.3 Å². The number of fused-ring (bicyclic) bond motifs is 1. The number of thiazole rings is 1. The van der Waals surface area contributed by atoms with Gasteiger partial charge in [-0.15, -0.1) is 11.3 Å². The highest BCUT2D eigenvalue weighted by atomic mass is 32.1. The molecule has 0 aliphatic heterocycles. The summed E-state index contributed by atoms with van der Waals surface area (Å²) in [5, 5.41) is 3.53. The van der Waals surface area contributed by atoms with Crippen molar-refractivity contribution in [1.29, 1.82) is 0 Å². The van der Waals surface area contributed by atoms with E-state index in [4.69, 9.17) is 4.74 Å². The van der Waals surface area contributed by atoms with Crippen LogP contribution in [0, 0.1) is 0 Å². The van der Waals surface area contributed by atoms with E-state index in [2.05, 4.69) is 10.3 Å². The van der Waals surface area contributed by atoms with Crippen molar-refractivity contribution in [3.8, 4) is 0 Å². The molecule has 0 aliphatic rings. The van der Waals surface area contributed by atoms with E-state index in [0.29, 0.717) is 12.8 Å². The molecular formula is C16H20N2O3S. The van der Waals surface area contributed by atoms with Gasteiger partial charge in [-0.1, -0.05) is 12.1 Å². The van der Waals surface area contributed by atoms with Gasteiger partial charge in [-0.3, -0.25) is 0 Å². The topological polar surface area (TPSA) is 68.3 Å². The molecule has 0 fully saturated rings. The third-order valence-corrected chi connectivity index (χ3v) is 3.97. The van der Waals surface area contributed by atoms with Gasteiger partial charge in [0, 0.05) is 6.42 Å². The first kappa shape index (κ1) is 16.4. The number of carbonyl (C=O) groups is 2. The van der Waals surface area contributed by atoms with E-state index in [0.717, 1.165) is 21.5 Å². The van der Waals surface area contributed by atoms with Gasteiger partial charge in [-0.25, -0.2) is 9.78 Å². The quantitative estimate of drug-likeness (QED) is 0.858. The van der Waals surface area contributed by atoms with Gasteiger partial charge < -0.3 is 14.8 Å². The first-order chi connectivity index (χ1) is 10.4. The molecule has 1 unspecified atom stereocenters. The van der Waals surface area contributed by atoms with Crippen molar-refractivity contribution in [2.45, 2.75) is 45.3 Å². The van der Waals surface area contributed by atoms with E-state index in [-0.39, 0.29) is 0 Å². The number of amides is 1. The molecule has 22 heavy (non-hydrogen) atoms. The monoisotopic (exact) mass is 320 g/mol. The first-order valence-corrected chi connectivity index (χ1v) is 7.98. The number of alkyl carbamates (subject to hydrolysis) is 1. The lowest BCUT2D eigenvalue weighted by molar-refractivity contribution is -0.109. The third kappa shape index (κ3) is 4.80. The molecule has 118 valence electrons. The molecule has 1 aromatic carbocycles. The SMILES string of the molecule is CC(C)(C)OC(=O)NC(C=O)CCc1nc2ccccc2s1. The number of rotatable bonds is 5. The van der Waals surface area contributed by atoms with Gasteiger partial charge in [0.15, 0.2) is 0 Å². The van der Waals surface area contributed by atoms with Crippen LogP contribution >= 0.6 is 11.3 Å². The molecule has 1 aromatic heterocycles. The van der Waals surface area contributed by atoms with Crippen LogP contribution in [-0.2, 0) is 16.0 Å². The predicted octanol–water partition coefficient (Wildman–Crippen LogP) is 3.32. The van der Waals surface area contributed by atoms with E-state index >= 15 is 0 Å². The molecule has 2 rings (SSSR count). The van der Waals surface area contributed by atoms with Crippen LogP contribution in [0.5, 0.6) is 0 Å². The zero-order valence-corrected chi connectivity index (χ0v) is 13.8. The highest BCUT2D eigenvalue weighted by molar-refractivity contribution is 7.18. The first-order valence-electron chi connectivity index (χ1n) is 7.16. The maximum atomic E-state index is 11.7. The van der Waals surface area contributed by atoms with Crippen molar-refractivity contribution < 1.29 is 14.3 Å². The Morgan fingerprint density at radius 1 is 1.41 bits per heavy atom. The second-order valence-corrected chi connectivity index (χ2v) is 7.12. The number of aryl methyl sites for hydroxylation is 1. The van der Waals surface area contributed by atoms with Crippen molar-refractivity contribution in [3.05, 3.63) is 29.3 Å². The molecule has 0 aliphatic carbocycles. The predicted molar refractivity (Wildman–Crippen MR) is 87.2 cm³/mol. The number of benzene rings is 1. The average Bonchev–Trinajstić information content (AvgIpc) is 2.84. The number of aromatic nitrogens is 1. The Hall–Kier alpha value is -1.95. The molecule has 0 radical (unpaired) electrons. The summed E-state index contributed by atoms with van der Waals surface area (Å²) in [7, 11) is 0. The number of carbonyl (C=O) groups excluding carboxylic acids is 2. The minimum atomic E-state index is -0.579. The third-order valence-electron chi connectivity index (χ3n) is 2.87. The molecule has 5 nitrogen and oxygen atoms in total. The molecule has 2 aromatic rings. The minimum absolute atomic E-state index is 0.503. The van der Waals surface area contributed by atoms with Crippen molar-refractivity contribution >= 4 is 33.9 Å². The molecule has 0 bridgehead atoms. The summed E-state index contributed by atoms with van der Waals surface area (Å²) in [6, 6.07) is 7.34. The summed E-state index contributed by atoms with van der Waals surface area (Å²) >= 11 is 1.61. The Morgan fingerprint density at radius 2 is 2.14 bits per heavy atom. The van der Waals surface area contributed by atoms with Gasteiger partial charge in [0.2, 0.25) is 0 Å². The van der Waals surface area contributed by atoms with Crippen LogP contribution in [0.3, 0.4) is 0 Å². The second-order valence-electron chi connectivity index (χ2n) is 6.00. The maximum absolute atomic E-state index is 11.7. The van der Waals surface area contributed by atoms with Gasteiger partial charge in [0.05, 0.1) is 21.3 Å². The van der Waals surface area contributed by atoms with Crippen LogP contribution in [-0.4, -0.2) is 29.0 Å². The summed E-state index contributed by atoms with van der Waals surface area (Å²) < 4.78 is 6.27. The summed E-state index contributed by atoms with van der Waals surface area (Å²) in [6.07, 6.45) is 1.30. The van der Waals surface area contributed by atoms with Gasteiger partial charge >= 0.3 is 6.09 Å². The normalized spacial score (nSPS) is 12.9. The van der Waals surface area contributed by atoms with Gasteiger partial charge in [-0.2, -0.15) is 0 Å². The number of nitrogens with one attached hydrogen (secondary N) is 1. The molecule has 1 atom stereocenters. The van der Waals surface area contributed by atoms with Crippen LogP contribution in [0.2, 0.25) is 0 Å². The standard InChI is InChI=1S/C16H20N2O3S/c1-16(2,3)21-15(20)17-11(10-19)8-9-14-18-12-6-4-5-7-13(12)22-14/h4-7,10-11H,8-9H2,1-3H3,(H,17,20). The van der Waals surface area contributed by atoms with Gasteiger partial charge in [0.1, 0.15) is 11.9 Å². The number of hydrogen-bond acceptors (Lipinski definition) is 5. The molecule has 0 spiro atoms. The number of para-hydroxylation sites is 1. The van der Waals surface area contributed by atoms with Crippen molar-refractivity contribution in [2.24, 2.45) is 0 Å². The molecule has 1 heterocycles. The Labute approximate surface area is 133 Å². The van der Waals surface area contributed by atoms with E-state index < -0.39 is 17.7 Å². The lowest BCUT2D eigenvalue weighted by Crippen LogP contribution is -2.40. The molecule has 1 N–H and O–H groups in total. The lowest BCUT2D eigenvalue weighted by atomic mass is 10.2. The van der Waals surface area contributed by atoms with E-state index in [1.54, 1.807) is 32.1 Å². The van der Waals surface area contributed by atoms with Crippen molar-refractivity contribution in [2.75, 3.05) is 0 Å². The molecule has 6 heteroatoms. The summed E-state index contributed by atoms with van der Waals surface area (Å²) in [5.41, 5.74) is 0.384. The Balaban J connectivity index is 1.90. The van der Waals surface area contributed by atoms with E-state index in [1.807, 2.05) is 24.3 Å². The Bertz CT molecular complexity index is 628. The molecular weight excluding hydrogens is 300 g/mol. The molecule has 1 amide bonds. The summed E-state index contributed by atoms with van der Waals surface area (Å²) in [4.78, 5) is 27.3. The largest absolute Gasteiger partial charge is 0.444 e. The number of hydrogen-bond donors (Lipinski definition) is 1.